The maximum absolute atomic E-state index is 13.6. The Balaban J connectivity index is 1.27. The van der Waals surface area contributed by atoms with Crippen LogP contribution in [0.1, 0.15) is 33.6 Å². The SMILES string of the molecule is O=C(CCCNC(=O)c1ccc(F)cc1F)Nc1ccc(C(=O)N2CC(=O)Nc3ccccc32)cc1. The number of anilines is 3. The van der Waals surface area contributed by atoms with Crippen molar-refractivity contribution in [3.05, 3.63) is 89.5 Å². The number of hydrogen-bond donors (Lipinski definition) is 3. The Bertz CT molecular complexity index is 1330. The first-order valence-corrected chi connectivity index (χ1v) is 11.2. The molecule has 0 bridgehead atoms. The summed E-state index contributed by atoms with van der Waals surface area (Å²) in [6.45, 7) is 0.0278. The molecule has 4 amide bonds. The Morgan fingerprint density at radius 3 is 2.47 bits per heavy atom. The summed E-state index contributed by atoms with van der Waals surface area (Å²) in [4.78, 5) is 50.6. The molecule has 1 heterocycles. The number of halogens is 2. The molecule has 0 aromatic heterocycles. The summed E-state index contributed by atoms with van der Waals surface area (Å²) < 4.78 is 26.6. The number of carbonyl (C=O) groups is 4. The van der Waals surface area contributed by atoms with Gasteiger partial charge in [0.15, 0.2) is 0 Å². The van der Waals surface area contributed by atoms with Crippen LogP contribution in [0.5, 0.6) is 0 Å². The van der Waals surface area contributed by atoms with E-state index in [1.807, 2.05) is 0 Å². The quantitative estimate of drug-likeness (QED) is 0.437. The van der Waals surface area contributed by atoms with E-state index in [2.05, 4.69) is 16.0 Å². The smallest absolute Gasteiger partial charge is 0.258 e. The minimum atomic E-state index is -0.958. The summed E-state index contributed by atoms with van der Waals surface area (Å²) in [5.74, 6) is -3.37. The Hall–Kier alpha value is -4.60. The van der Waals surface area contributed by atoms with Gasteiger partial charge in [0.2, 0.25) is 11.8 Å². The molecule has 0 aliphatic carbocycles. The van der Waals surface area contributed by atoms with E-state index >= 15 is 0 Å². The average Bonchev–Trinajstić information content (AvgIpc) is 2.86. The van der Waals surface area contributed by atoms with E-state index in [4.69, 9.17) is 0 Å². The zero-order chi connectivity index (χ0) is 25.7. The van der Waals surface area contributed by atoms with Crippen LogP contribution in [0.4, 0.5) is 25.8 Å². The van der Waals surface area contributed by atoms with Crippen LogP contribution < -0.4 is 20.9 Å². The molecule has 0 saturated carbocycles. The molecule has 1 aliphatic heterocycles. The van der Waals surface area contributed by atoms with Gasteiger partial charge in [-0.3, -0.25) is 24.1 Å². The molecule has 1 aliphatic rings. The fraction of sp³-hybridized carbons (Fsp3) is 0.154. The molecule has 8 nitrogen and oxygen atoms in total. The van der Waals surface area contributed by atoms with Crippen molar-refractivity contribution in [3.63, 3.8) is 0 Å². The van der Waals surface area contributed by atoms with Crippen LogP contribution in [0.3, 0.4) is 0 Å². The average molecular weight is 492 g/mol. The number of carbonyl (C=O) groups excluding carboxylic acids is 4. The van der Waals surface area contributed by atoms with Crippen molar-refractivity contribution in [3.8, 4) is 0 Å². The molecule has 0 unspecified atom stereocenters. The van der Waals surface area contributed by atoms with Crippen molar-refractivity contribution in [2.45, 2.75) is 12.8 Å². The minimum absolute atomic E-state index is 0.0898. The maximum Gasteiger partial charge on any atom is 0.258 e. The van der Waals surface area contributed by atoms with Crippen molar-refractivity contribution in [1.29, 1.82) is 0 Å². The molecule has 0 saturated heterocycles. The predicted octanol–water partition coefficient (Wildman–Crippen LogP) is 3.71. The molecule has 0 radical (unpaired) electrons. The van der Waals surface area contributed by atoms with Crippen LogP contribution in [-0.2, 0) is 9.59 Å². The van der Waals surface area contributed by atoms with Crippen LogP contribution >= 0.6 is 0 Å². The number of para-hydroxylation sites is 2. The Morgan fingerprint density at radius 2 is 1.72 bits per heavy atom. The molecule has 184 valence electrons. The summed E-state index contributed by atoms with van der Waals surface area (Å²) in [7, 11) is 0. The van der Waals surface area contributed by atoms with E-state index in [1.165, 1.54) is 4.90 Å². The molecule has 3 aromatic carbocycles. The molecule has 0 atom stereocenters. The zero-order valence-corrected chi connectivity index (χ0v) is 19.0. The van der Waals surface area contributed by atoms with Crippen LogP contribution in [0.2, 0.25) is 0 Å². The lowest BCUT2D eigenvalue weighted by Crippen LogP contribution is -2.42. The van der Waals surface area contributed by atoms with Crippen molar-refractivity contribution < 1.29 is 28.0 Å². The Labute approximate surface area is 205 Å². The van der Waals surface area contributed by atoms with Gasteiger partial charge in [-0.25, -0.2) is 8.78 Å². The standard InChI is InChI=1S/C26H22F2N4O4/c27-17-9-12-19(20(28)14-17)25(35)29-13-3-6-23(33)30-18-10-7-16(8-11-18)26(36)32-15-24(34)31-21-4-1-2-5-22(21)32/h1-2,4-5,7-12,14H,3,6,13,15H2,(H,29,35)(H,30,33)(H,31,34). The Kier molecular flexibility index (Phi) is 7.33. The molecule has 10 heteroatoms. The molecule has 36 heavy (non-hydrogen) atoms. The first-order valence-electron chi connectivity index (χ1n) is 11.2. The summed E-state index contributed by atoms with van der Waals surface area (Å²) in [5.41, 5.74) is 1.72. The highest BCUT2D eigenvalue weighted by Gasteiger charge is 2.27. The van der Waals surface area contributed by atoms with Gasteiger partial charge in [0.1, 0.15) is 18.2 Å². The minimum Gasteiger partial charge on any atom is -0.352 e. The topological polar surface area (TPSA) is 108 Å². The third-order valence-corrected chi connectivity index (χ3v) is 5.47. The molecule has 0 spiro atoms. The lowest BCUT2D eigenvalue weighted by atomic mass is 10.1. The van der Waals surface area contributed by atoms with Crippen molar-refractivity contribution in [2.24, 2.45) is 0 Å². The highest BCUT2D eigenvalue weighted by Crippen LogP contribution is 2.30. The van der Waals surface area contributed by atoms with Crippen LogP contribution in [0, 0.1) is 11.6 Å². The molecular weight excluding hydrogens is 470 g/mol. The van der Waals surface area contributed by atoms with Crippen molar-refractivity contribution in [2.75, 3.05) is 28.6 Å². The molecular formula is C26H22F2N4O4. The number of fused-ring (bicyclic) bond motifs is 1. The van der Waals surface area contributed by atoms with Crippen LogP contribution in [-0.4, -0.2) is 36.7 Å². The van der Waals surface area contributed by atoms with E-state index in [0.29, 0.717) is 35.1 Å². The van der Waals surface area contributed by atoms with Gasteiger partial charge in [0, 0.05) is 30.3 Å². The third-order valence-electron chi connectivity index (χ3n) is 5.47. The predicted molar refractivity (Wildman–Crippen MR) is 130 cm³/mol. The van der Waals surface area contributed by atoms with Gasteiger partial charge in [-0.2, -0.15) is 0 Å². The van der Waals surface area contributed by atoms with Crippen LogP contribution in [0.25, 0.3) is 0 Å². The monoisotopic (exact) mass is 492 g/mol. The summed E-state index contributed by atoms with van der Waals surface area (Å²) in [6, 6.07) is 16.0. The zero-order valence-electron chi connectivity index (χ0n) is 19.0. The van der Waals surface area contributed by atoms with Gasteiger partial charge < -0.3 is 16.0 Å². The van der Waals surface area contributed by atoms with E-state index in [0.717, 1.165) is 12.1 Å². The lowest BCUT2D eigenvalue weighted by Gasteiger charge is -2.29. The molecule has 4 rings (SSSR count). The third kappa shape index (κ3) is 5.72. The van der Waals surface area contributed by atoms with Gasteiger partial charge in [-0.15, -0.1) is 0 Å². The van der Waals surface area contributed by atoms with E-state index in [-0.39, 0.29) is 42.8 Å². The fourth-order valence-corrected chi connectivity index (χ4v) is 3.71. The first-order chi connectivity index (χ1) is 17.3. The van der Waals surface area contributed by atoms with Gasteiger partial charge in [-0.1, -0.05) is 12.1 Å². The van der Waals surface area contributed by atoms with E-state index in [1.54, 1.807) is 48.5 Å². The van der Waals surface area contributed by atoms with E-state index in [9.17, 15) is 28.0 Å². The second-order valence-electron chi connectivity index (χ2n) is 8.07. The molecule has 3 aromatic rings. The summed E-state index contributed by atoms with van der Waals surface area (Å²) in [6.07, 6.45) is 0.389. The number of nitrogens with one attached hydrogen (secondary N) is 3. The number of benzene rings is 3. The largest absolute Gasteiger partial charge is 0.352 e. The normalized spacial score (nSPS) is 12.4. The van der Waals surface area contributed by atoms with Gasteiger partial charge in [-0.05, 0) is 55.0 Å². The van der Waals surface area contributed by atoms with Gasteiger partial charge in [0.25, 0.3) is 11.8 Å². The van der Waals surface area contributed by atoms with Crippen molar-refractivity contribution >= 4 is 40.7 Å². The molecule has 3 N–H and O–H groups in total. The van der Waals surface area contributed by atoms with E-state index < -0.39 is 17.5 Å². The first kappa shape index (κ1) is 24.5. The Morgan fingerprint density at radius 1 is 0.972 bits per heavy atom. The lowest BCUT2D eigenvalue weighted by molar-refractivity contribution is -0.116. The number of hydrogen-bond acceptors (Lipinski definition) is 4. The summed E-state index contributed by atoms with van der Waals surface area (Å²) >= 11 is 0. The number of rotatable bonds is 7. The number of amides is 4. The molecule has 0 fully saturated rings. The van der Waals surface area contributed by atoms with Crippen LogP contribution in [0.15, 0.2) is 66.7 Å². The van der Waals surface area contributed by atoms with Gasteiger partial charge >= 0.3 is 0 Å². The maximum atomic E-state index is 13.6. The second kappa shape index (κ2) is 10.8. The van der Waals surface area contributed by atoms with Gasteiger partial charge in [0.05, 0.1) is 16.9 Å². The highest BCUT2D eigenvalue weighted by atomic mass is 19.1. The number of nitrogens with zero attached hydrogens (tertiary/aromatic N) is 1. The van der Waals surface area contributed by atoms with Crippen molar-refractivity contribution in [1.82, 2.24) is 5.32 Å². The fourth-order valence-electron chi connectivity index (χ4n) is 3.71. The summed E-state index contributed by atoms with van der Waals surface area (Å²) in [5, 5.41) is 7.92. The second-order valence-corrected chi connectivity index (χ2v) is 8.07. The highest BCUT2D eigenvalue weighted by molar-refractivity contribution is 6.15.